The van der Waals surface area contributed by atoms with Gasteiger partial charge in [-0.05, 0) is 13.0 Å². The highest BCUT2D eigenvalue weighted by molar-refractivity contribution is 7.46. The first-order valence-corrected chi connectivity index (χ1v) is 4.18. The van der Waals surface area contributed by atoms with Gasteiger partial charge >= 0.3 is 7.82 Å². The summed E-state index contributed by atoms with van der Waals surface area (Å²) < 4.78 is 14.1. The zero-order valence-corrected chi connectivity index (χ0v) is 6.91. The van der Waals surface area contributed by atoms with Crippen LogP contribution in [0, 0.1) is 0 Å². The Balaban J connectivity index is 0. The molecule has 9 N–H and O–H groups in total. The molecule has 0 amide bonds. The minimum Gasteiger partial charge on any atom is -0.344 e. The maximum atomic E-state index is 10.1. The summed E-state index contributed by atoms with van der Waals surface area (Å²) >= 11 is 0. The Morgan fingerprint density at radius 1 is 1.55 bits per heavy atom. The van der Waals surface area contributed by atoms with E-state index in [1.165, 1.54) is 0 Å². The van der Waals surface area contributed by atoms with E-state index < -0.39 is 14.1 Å². The first-order chi connectivity index (χ1) is 4.45. The lowest BCUT2D eigenvalue weighted by Gasteiger charge is -2.11. The minimum absolute atomic E-state index is 0. The second-order valence-corrected chi connectivity index (χ2v) is 2.90. The molecule has 0 saturated carbocycles. The molecule has 7 nitrogen and oxygen atoms in total. The Bertz CT molecular complexity index is 137. The van der Waals surface area contributed by atoms with Crippen LogP contribution in [0.5, 0.6) is 0 Å². The van der Waals surface area contributed by atoms with Crippen molar-refractivity contribution in [1.82, 2.24) is 6.15 Å². The van der Waals surface area contributed by atoms with Gasteiger partial charge in [0.25, 0.3) is 0 Å². The summed E-state index contributed by atoms with van der Waals surface area (Å²) in [5, 5.41) is 0. The molecule has 1 unspecified atom stereocenters. The third-order valence-corrected chi connectivity index (χ3v) is 1.27. The van der Waals surface area contributed by atoms with Crippen LogP contribution in [-0.4, -0.2) is 22.6 Å². The van der Waals surface area contributed by atoms with Crippen molar-refractivity contribution in [3.8, 4) is 0 Å². The summed E-state index contributed by atoms with van der Waals surface area (Å²) in [6, 6.07) is 0. The standard InChI is InChI=1S/C3H11N2O4P.H3N/c4-2-1-3(5)9-10(6,7)8;/h3H,1-2,4-5H2,(H2,6,7,8);1H3. The predicted molar refractivity (Wildman–Crippen MR) is 39.8 cm³/mol. The van der Waals surface area contributed by atoms with Gasteiger partial charge < -0.3 is 27.4 Å². The van der Waals surface area contributed by atoms with Gasteiger partial charge in [0.2, 0.25) is 0 Å². The molecule has 0 heterocycles. The monoisotopic (exact) mass is 187 g/mol. The molecule has 70 valence electrons. The largest absolute Gasteiger partial charge is 0.471 e. The van der Waals surface area contributed by atoms with E-state index in [9.17, 15) is 4.57 Å². The third kappa shape index (κ3) is 9.99. The summed E-state index contributed by atoms with van der Waals surface area (Å²) in [6.45, 7) is 0.237. The van der Waals surface area contributed by atoms with E-state index in [4.69, 9.17) is 21.3 Å². The highest BCUT2D eigenvalue weighted by Crippen LogP contribution is 2.36. The van der Waals surface area contributed by atoms with Crippen LogP contribution in [0.1, 0.15) is 6.42 Å². The van der Waals surface area contributed by atoms with E-state index in [0.29, 0.717) is 0 Å². The highest BCUT2D eigenvalue weighted by atomic mass is 31.2. The number of hydrogen-bond donors (Lipinski definition) is 5. The van der Waals surface area contributed by atoms with Crippen LogP contribution in [0.15, 0.2) is 0 Å². The summed E-state index contributed by atoms with van der Waals surface area (Å²) in [6.07, 6.45) is -0.753. The molecule has 0 radical (unpaired) electrons. The van der Waals surface area contributed by atoms with Gasteiger partial charge in [0.15, 0.2) is 0 Å². The smallest absolute Gasteiger partial charge is 0.344 e. The molecule has 0 saturated heterocycles. The van der Waals surface area contributed by atoms with Crippen molar-refractivity contribution in [1.29, 1.82) is 0 Å². The molecule has 8 heteroatoms. The number of hydrogen-bond acceptors (Lipinski definition) is 5. The average molecular weight is 187 g/mol. The van der Waals surface area contributed by atoms with E-state index in [1.807, 2.05) is 0 Å². The maximum Gasteiger partial charge on any atom is 0.471 e. The molecule has 11 heavy (non-hydrogen) atoms. The van der Waals surface area contributed by atoms with E-state index in [1.54, 1.807) is 0 Å². The number of phosphoric acid groups is 1. The fraction of sp³-hybridized carbons (Fsp3) is 1.00. The lowest BCUT2D eigenvalue weighted by Crippen LogP contribution is -2.25. The molecule has 0 aliphatic carbocycles. The number of phosphoric ester groups is 1. The zero-order valence-electron chi connectivity index (χ0n) is 6.01. The normalized spacial score (nSPS) is 13.8. The molecule has 0 aliphatic heterocycles. The Kier molecular flexibility index (Phi) is 6.93. The van der Waals surface area contributed by atoms with Gasteiger partial charge in [-0.25, -0.2) is 4.57 Å². The van der Waals surface area contributed by atoms with E-state index in [2.05, 4.69) is 4.52 Å². The molecule has 0 bridgehead atoms. The van der Waals surface area contributed by atoms with Gasteiger partial charge in [-0.2, -0.15) is 0 Å². The Hall–Kier alpha value is -0.0100. The second-order valence-electron chi connectivity index (χ2n) is 1.71. The van der Waals surface area contributed by atoms with Crippen molar-refractivity contribution < 1.29 is 18.9 Å². The zero-order chi connectivity index (χ0) is 8.20. The molecule has 0 aromatic rings. The SMILES string of the molecule is N.NCCC(N)OP(=O)(O)O. The third-order valence-electron chi connectivity index (χ3n) is 0.724. The fourth-order valence-electron chi connectivity index (χ4n) is 0.393. The molecule has 0 rings (SSSR count). The van der Waals surface area contributed by atoms with Crippen LogP contribution in [-0.2, 0) is 9.09 Å². The second kappa shape index (κ2) is 5.62. The number of rotatable bonds is 4. The minimum atomic E-state index is -4.43. The van der Waals surface area contributed by atoms with Gasteiger partial charge in [-0.1, -0.05) is 0 Å². The first kappa shape index (κ1) is 13.6. The van der Waals surface area contributed by atoms with Crippen molar-refractivity contribution in [2.45, 2.75) is 12.6 Å². The summed E-state index contributed by atoms with van der Waals surface area (Å²) in [7, 11) is -4.43. The van der Waals surface area contributed by atoms with Crippen molar-refractivity contribution in [2.24, 2.45) is 11.5 Å². The quantitative estimate of drug-likeness (QED) is 0.276. The number of nitrogens with two attached hydrogens (primary N) is 2. The van der Waals surface area contributed by atoms with Crippen LogP contribution < -0.4 is 17.6 Å². The summed E-state index contributed by atoms with van der Waals surface area (Å²) in [5.74, 6) is 0. The van der Waals surface area contributed by atoms with Gasteiger partial charge in [0.1, 0.15) is 6.23 Å². The highest BCUT2D eigenvalue weighted by Gasteiger charge is 2.17. The molecular weight excluding hydrogens is 173 g/mol. The summed E-state index contributed by atoms with van der Waals surface area (Å²) in [5.41, 5.74) is 10.1. The van der Waals surface area contributed by atoms with Crippen LogP contribution in [0.3, 0.4) is 0 Å². The van der Waals surface area contributed by atoms with Crippen molar-refractivity contribution in [3.05, 3.63) is 0 Å². The molecule has 0 aromatic carbocycles. The summed E-state index contributed by atoms with van der Waals surface area (Å²) in [4.78, 5) is 16.4. The topological polar surface area (TPSA) is 154 Å². The molecule has 0 aliphatic rings. The lowest BCUT2D eigenvalue weighted by atomic mass is 10.4. The molecule has 1 atom stereocenters. The fourth-order valence-corrected chi connectivity index (χ4v) is 0.852. The molecule has 0 spiro atoms. The Morgan fingerprint density at radius 2 is 2.00 bits per heavy atom. The van der Waals surface area contributed by atoms with Gasteiger partial charge in [0.05, 0.1) is 0 Å². The Labute approximate surface area is 64.5 Å². The van der Waals surface area contributed by atoms with Crippen LogP contribution in [0.25, 0.3) is 0 Å². The van der Waals surface area contributed by atoms with Crippen LogP contribution in [0.2, 0.25) is 0 Å². The predicted octanol–water partition coefficient (Wildman–Crippen LogP) is -1.11. The van der Waals surface area contributed by atoms with Crippen LogP contribution >= 0.6 is 7.82 Å². The molecular formula is C3H14N3O4P. The van der Waals surface area contributed by atoms with Gasteiger partial charge in [0, 0.05) is 0 Å². The van der Waals surface area contributed by atoms with E-state index in [0.717, 1.165) is 0 Å². The van der Waals surface area contributed by atoms with Crippen molar-refractivity contribution in [3.63, 3.8) is 0 Å². The van der Waals surface area contributed by atoms with Gasteiger partial charge in [-0.15, -0.1) is 0 Å². The van der Waals surface area contributed by atoms with E-state index >= 15 is 0 Å². The average Bonchev–Trinajstić information content (AvgIpc) is 1.59. The van der Waals surface area contributed by atoms with Gasteiger partial charge in [-0.3, -0.25) is 4.52 Å². The molecule has 0 fully saturated rings. The maximum absolute atomic E-state index is 10.1. The van der Waals surface area contributed by atoms with Crippen molar-refractivity contribution in [2.75, 3.05) is 6.54 Å². The van der Waals surface area contributed by atoms with E-state index in [-0.39, 0.29) is 19.1 Å². The first-order valence-electron chi connectivity index (χ1n) is 2.65. The van der Waals surface area contributed by atoms with Crippen LogP contribution in [0.4, 0.5) is 0 Å². The lowest BCUT2D eigenvalue weighted by molar-refractivity contribution is 0.133. The van der Waals surface area contributed by atoms with Crippen molar-refractivity contribution >= 4 is 7.82 Å². The molecule has 0 aromatic heterocycles. The Morgan fingerprint density at radius 3 is 2.27 bits per heavy atom.